The highest BCUT2D eigenvalue weighted by Gasteiger charge is 2.20. The lowest BCUT2D eigenvalue weighted by Crippen LogP contribution is -2.31. The average Bonchev–Trinajstić information content (AvgIpc) is 3.05. The molecule has 1 aromatic heterocycles. The number of hydrogen-bond donors (Lipinski definition) is 1. The number of carbonyl (C=O) groups excluding carboxylic acids is 1. The van der Waals surface area contributed by atoms with E-state index in [2.05, 4.69) is 5.32 Å². The summed E-state index contributed by atoms with van der Waals surface area (Å²) in [6, 6.07) is 7.78. The summed E-state index contributed by atoms with van der Waals surface area (Å²) in [6.07, 6.45) is 2.24. The minimum absolute atomic E-state index is 0.110. The third-order valence-electron chi connectivity index (χ3n) is 3.26. The van der Waals surface area contributed by atoms with E-state index in [0.717, 1.165) is 29.5 Å². The molecule has 1 aromatic carbocycles. The van der Waals surface area contributed by atoms with E-state index in [1.807, 2.05) is 24.3 Å². The monoisotopic (exact) mass is 295 g/mol. The normalized spacial score (nSPS) is 18.9. The summed E-state index contributed by atoms with van der Waals surface area (Å²) >= 11 is 7.70. The molecule has 2 aromatic rings. The van der Waals surface area contributed by atoms with Gasteiger partial charge in [0.2, 0.25) is 0 Å². The minimum Gasteiger partial charge on any atom is -0.376 e. The van der Waals surface area contributed by atoms with Crippen molar-refractivity contribution in [1.29, 1.82) is 0 Å². The van der Waals surface area contributed by atoms with E-state index in [4.69, 9.17) is 16.3 Å². The van der Waals surface area contributed by atoms with Gasteiger partial charge in [0.1, 0.15) is 4.88 Å². The lowest BCUT2D eigenvalue weighted by Gasteiger charge is -2.09. The third-order valence-corrected chi connectivity index (χ3v) is 4.93. The van der Waals surface area contributed by atoms with Crippen molar-refractivity contribution >= 4 is 38.9 Å². The van der Waals surface area contributed by atoms with Crippen LogP contribution >= 0.6 is 22.9 Å². The molecule has 2 heterocycles. The molecule has 0 bridgehead atoms. The van der Waals surface area contributed by atoms with Crippen LogP contribution in [0.4, 0.5) is 0 Å². The van der Waals surface area contributed by atoms with E-state index in [-0.39, 0.29) is 12.0 Å². The van der Waals surface area contributed by atoms with Crippen LogP contribution < -0.4 is 5.32 Å². The molecule has 3 rings (SSSR count). The Kier molecular flexibility index (Phi) is 3.73. The molecule has 0 spiro atoms. The minimum atomic E-state index is -0.110. The van der Waals surface area contributed by atoms with Gasteiger partial charge in [0, 0.05) is 23.2 Å². The highest BCUT2D eigenvalue weighted by Crippen LogP contribution is 2.34. The summed E-state index contributed by atoms with van der Waals surface area (Å²) in [6.45, 7) is 1.35. The van der Waals surface area contributed by atoms with Crippen molar-refractivity contribution < 1.29 is 9.53 Å². The van der Waals surface area contributed by atoms with Crippen LogP contribution in [0.25, 0.3) is 10.1 Å². The number of halogens is 1. The van der Waals surface area contributed by atoms with E-state index < -0.39 is 0 Å². The summed E-state index contributed by atoms with van der Waals surface area (Å²) in [7, 11) is 0. The summed E-state index contributed by atoms with van der Waals surface area (Å²) in [5.41, 5.74) is 0. The summed E-state index contributed by atoms with van der Waals surface area (Å²) in [4.78, 5) is 12.7. The molecule has 100 valence electrons. The molecule has 19 heavy (non-hydrogen) atoms. The number of carbonyl (C=O) groups is 1. The van der Waals surface area contributed by atoms with Crippen LogP contribution in [0.3, 0.4) is 0 Å². The van der Waals surface area contributed by atoms with Gasteiger partial charge in [0.15, 0.2) is 0 Å². The number of benzene rings is 1. The zero-order chi connectivity index (χ0) is 13.2. The van der Waals surface area contributed by atoms with Gasteiger partial charge in [0.05, 0.1) is 11.1 Å². The molecule has 1 aliphatic heterocycles. The Labute approximate surface area is 120 Å². The van der Waals surface area contributed by atoms with E-state index in [1.54, 1.807) is 0 Å². The maximum absolute atomic E-state index is 12.2. The Balaban J connectivity index is 1.75. The molecule has 0 saturated carbocycles. The Hall–Kier alpha value is -1.10. The Morgan fingerprint density at radius 3 is 3.05 bits per heavy atom. The number of nitrogens with one attached hydrogen (secondary N) is 1. The van der Waals surface area contributed by atoms with Gasteiger partial charge in [-0.15, -0.1) is 11.3 Å². The van der Waals surface area contributed by atoms with E-state index in [0.29, 0.717) is 16.4 Å². The van der Waals surface area contributed by atoms with Crippen LogP contribution in [0.5, 0.6) is 0 Å². The molecule has 1 atom stereocenters. The lowest BCUT2D eigenvalue weighted by atomic mass is 10.2. The van der Waals surface area contributed by atoms with Gasteiger partial charge < -0.3 is 10.1 Å². The fraction of sp³-hybridized carbons (Fsp3) is 0.357. The highest BCUT2D eigenvalue weighted by molar-refractivity contribution is 7.21. The van der Waals surface area contributed by atoms with E-state index in [1.165, 1.54) is 11.3 Å². The smallest absolute Gasteiger partial charge is 0.263 e. The third kappa shape index (κ3) is 2.61. The SMILES string of the molecule is O=C(NC[C@@H]1CCCO1)c1sc2ccccc2c1Cl. The second-order valence-corrected chi connectivity index (χ2v) is 6.02. The number of hydrogen-bond acceptors (Lipinski definition) is 3. The van der Waals surface area contributed by atoms with Gasteiger partial charge in [-0.05, 0) is 18.9 Å². The van der Waals surface area contributed by atoms with Crippen LogP contribution in [0, 0.1) is 0 Å². The first kappa shape index (κ1) is 12.9. The first-order valence-corrected chi connectivity index (χ1v) is 7.52. The largest absolute Gasteiger partial charge is 0.376 e. The number of rotatable bonds is 3. The average molecular weight is 296 g/mol. The first-order valence-electron chi connectivity index (χ1n) is 6.32. The molecule has 5 heteroatoms. The van der Waals surface area contributed by atoms with Gasteiger partial charge in [-0.3, -0.25) is 4.79 Å². The molecule has 0 radical (unpaired) electrons. The maximum Gasteiger partial charge on any atom is 0.263 e. The zero-order valence-corrected chi connectivity index (χ0v) is 11.9. The van der Waals surface area contributed by atoms with Gasteiger partial charge >= 0.3 is 0 Å². The zero-order valence-electron chi connectivity index (χ0n) is 10.3. The van der Waals surface area contributed by atoms with Crippen molar-refractivity contribution in [3.8, 4) is 0 Å². The van der Waals surface area contributed by atoms with Crippen molar-refractivity contribution in [3.05, 3.63) is 34.2 Å². The van der Waals surface area contributed by atoms with Crippen molar-refractivity contribution in [2.75, 3.05) is 13.2 Å². The molecule has 3 nitrogen and oxygen atoms in total. The maximum atomic E-state index is 12.2. The molecule has 1 aliphatic rings. The Bertz CT molecular complexity index is 605. The fourth-order valence-electron chi connectivity index (χ4n) is 2.25. The Morgan fingerprint density at radius 2 is 2.32 bits per heavy atom. The molecular weight excluding hydrogens is 282 g/mol. The lowest BCUT2D eigenvalue weighted by molar-refractivity contribution is 0.0861. The second-order valence-electron chi connectivity index (χ2n) is 4.59. The summed E-state index contributed by atoms with van der Waals surface area (Å²) < 4.78 is 6.52. The first-order chi connectivity index (χ1) is 9.25. The van der Waals surface area contributed by atoms with Crippen molar-refractivity contribution in [1.82, 2.24) is 5.32 Å². The molecular formula is C14H14ClNO2S. The van der Waals surface area contributed by atoms with Gasteiger partial charge in [-0.2, -0.15) is 0 Å². The fourth-order valence-corrected chi connectivity index (χ4v) is 3.69. The predicted molar refractivity (Wildman–Crippen MR) is 78.1 cm³/mol. The van der Waals surface area contributed by atoms with E-state index >= 15 is 0 Å². The van der Waals surface area contributed by atoms with Crippen molar-refractivity contribution in [3.63, 3.8) is 0 Å². The molecule has 0 unspecified atom stereocenters. The second kappa shape index (κ2) is 5.49. The number of fused-ring (bicyclic) bond motifs is 1. The Morgan fingerprint density at radius 1 is 1.47 bits per heavy atom. The summed E-state index contributed by atoms with van der Waals surface area (Å²) in [5.74, 6) is -0.110. The standard InChI is InChI=1S/C14H14ClNO2S/c15-12-10-5-1-2-6-11(10)19-13(12)14(17)16-8-9-4-3-7-18-9/h1-2,5-6,9H,3-4,7-8H2,(H,16,17)/t9-/m0/s1. The van der Waals surface area contributed by atoms with Crippen molar-refractivity contribution in [2.45, 2.75) is 18.9 Å². The predicted octanol–water partition coefficient (Wildman–Crippen LogP) is 3.46. The summed E-state index contributed by atoms with van der Waals surface area (Å²) in [5, 5.41) is 4.39. The number of thiophene rings is 1. The molecule has 1 fully saturated rings. The highest BCUT2D eigenvalue weighted by atomic mass is 35.5. The van der Waals surface area contributed by atoms with Crippen LogP contribution in [-0.2, 0) is 4.74 Å². The molecule has 1 amide bonds. The molecule has 1 N–H and O–H groups in total. The van der Waals surface area contributed by atoms with E-state index in [9.17, 15) is 4.79 Å². The van der Waals surface area contributed by atoms with Crippen molar-refractivity contribution in [2.24, 2.45) is 0 Å². The number of ether oxygens (including phenoxy) is 1. The van der Waals surface area contributed by atoms with Crippen LogP contribution in [0.15, 0.2) is 24.3 Å². The quantitative estimate of drug-likeness (QED) is 0.942. The molecule has 1 saturated heterocycles. The van der Waals surface area contributed by atoms with Gasteiger partial charge in [-0.1, -0.05) is 29.8 Å². The molecule has 0 aliphatic carbocycles. The van der Waals surface area contributed by atoms with Gasteiger partial charge in [-0.25, -0.2) is 0 Å². The van der Waals surface area contributed by atoms with Crippen LogP contribution in [-0.4, -0.2) is 25.2 Å². The number of amides is 1. The topological polar surface area (TPSA) is 38.3 Å². The van der Waals surface area contributed by atoms with Crippen LogP contribution in [0.2, 0.25) is 5.02 Å². The van der Waals surface area contributed by atoms with Crippen LogP contribution in [0.1, 0.15) is 22.5 Å². The van der Waals surface area contributed by atoms with Gasteiger partial charge in [0.25, 0.3) is 5.91 Å².